The Balaban J connectivity index is 2.24. The first kappa shape index (κ1) is 13.6. The van der Waals surface area contributed by atoms with E-state index in [0.29, 0.717) is 5.15 Å². The maximum atomic E-state index is 6.39. The van der Waals surface area contributed by atoms with Gasteiger partial charge in [-0.1, -0.05) is 11.6 Å². The molecular weight excluding hydrogens is 318 g/mol. The van der Waals surface area contributed by atoms with Crippen molar-refractivity contribution >= 4 is 54.0 Å². The molecule has 0 aliphatic heterocycles. The molecule has 0 aliphatic carbocycles. The van der Waals surface area contributed by atoms with Gasteiger partial charge in [-0.15, -0.1) is 11.3 Å². The Morgan fingerprint density at radius 1 is 0.955 bits per heavy atom. The molecule has 110 valence electrons. The highest BCUT2D eigenvalue weighted by atomic mass is 35.5. The van der Waals surface area contributed by atoms with Gasteiger partial charge >= 0.3 is 0 Å². The first-order valence-electron chi connectivity index (χ1n) is 6.75. The van der Waals surface area contributed by atoms with E-state index in [1.165, 1.54) is 0 Å². The largest absolute Gasteiger partial charge is 0.497 e. The van der Waals surface area contributed by atoms with E-state index in [4.69, 9.17) is 21.1 Å². The summed E-state index contributed by atoms with van der Waals surface area (Å²) in [6.45, 7) is 0. The minimum absolute atomic E-state index is 0.535. The van der Waals surface area contributed by atoms with E-state index in [-0.39, 0.29) is 0 Å². The van der Waals surface area contributed by atoms with Crippen LogP contribution in [0.4, 0.5) is 0 Å². The molecule has 0 aliphatic rings. The van der Waals surface area contributed by atoms with E-state index in [1.54, 1.807) is 25.6 Å². The Morgan fingerprint density at radius 2 is 1.64 bits per heavy atom. The van der Waals surface area contributed by atoms with Crippen LogP contribution in [-0.4, -0.2) is 19.2 Å². The number of halogens is 1. The summed E-state index contributed by atoms with van der Waals surface area (Å²) in [7, 11) is 3.34. The normalized spacial score (nSPS) is 11.4. The van der Waals surface area contributed by atoms with Crippen LogP contribution in [0.25, 0.3) is 31.1 Å². The first-order chi connectivity index (χ1) is 10.7. The van der Waals surface area contributed by atoms with Gasteiger partial charge in [-0.25, -0.2) is 4.98 Å². The zero-order valence-corrected chi connectivity index (χ0v) is 13.6. The van der Waals surface area contributed by atoms with Crippen LogP contribution in [0.3, 0.4) is 0 Å². The number of hydrogen-bond acceptors (Lipinski definition) is 4. The third kappa shape index (κ3) is 1.91. The summed E-state index contributed by atoms with van der Waals surface area (Å²) in [5, 5.41) is 3.81. The lowest BCUT2D eigenvalue weighted by atomic mass is 10.1. The molecule has 0 bridgehead atoms. The summed E-state index contributed by atoms with van der Waals surface area (Å²) in [4.78, 5) is 4.51. The molecule has 4 aromatic rings. The van der Waals surface area contributed by atoms with Crippen LogP contribution in [0.15, 0.2) is 36.4 Å². The molecule has 0 atom stereocenters. The minimum Gasteiger partial charge on any atom is -0.497 e. The van der Waals surface area contributed by atoms with Crippen LogP contribution in [0.2, 0.25) is 5.15 Å². The van der Waals surface area contributed by atoms with Gasteiger partial charge in [-0.05, 0) is 36.4 Å². The van der Waals surface area contributed by atoms with Crippen molar-refractivity contribution < 1.29 is 9.47 Å². The maximum absolute atomic E-state index is 6.39. The lowest BCUT2D eigenvalue weighted by Crippen LogP contribution is -1.86. The van der Waals surface area contributed by atoms with Crippen molar-refractivity contribution in [3.8, 4) is 11.5 Å². The highest BCUT2D eigenvalue weighted by molar-refractivity contribution is 7.26. The first-order valence-corrected chi connectivity index (χ1v) is 7.94. The second kappa shape index (κ2) is 5.00. The van der Waals surface area contributed by atoms with Gasteiger partial charge in [0, 0.05) is 20.9 Å². The highest BCUT2D eigenvalue weighted by Crippen LogP contribution is 2.42. The second-order valence-corrected chi connectivity index (χ2v) is 6.36. The number of aromatic nitrogens is 1. The van der Waals surface area contributed by atoms with Crippen LogP contribution in [0.1, 0.15) is 0 Å². The number of ether oxygens (including phenoxy) is 2. The molecule has 2 heterocycles. The highest BCUT2D eigenvalue weighted by Gasteiger charge is 2.14. The minimum atomic E-state index is 0.535. The number of pyridine rings is 1. The van der Waals surface area contributed by atoms with E-state index < -0.39 is 0 Å². The van der Waals surface area contributed by atoms with Gasteiger partial charge in [-0.3, -0.25) is 0 Å². The number of benzene rings is 2. The van der Waals surface area contributed by atoms with Crippen LogP contribution >= 0.6 is 22.9 Å². The van der Waals surface area contributed by atoms with Gasteiger partial charge in [0.1, 0.15) is 16.7 Å². The molecule has 2 aromatic heterocycles. The van der Waals surface area contributed by atoms with Crippen molar-refractivity contribution in [2.45, 2.75) is 0 Å². The number of rotatable bonds is 2. The summed E-state index contributed by atoms with van der Waals surface area (Å²) in [6, 6.07) is 11.9. The van der Waals surface area contributed by atoms with Gasteiger partial charge in [0.2, 0.25) is 0 Å². The third-order valence-electron chi connectivity index (χ3n) is 3.77. The van der Waals surface area contributed by atoms with Gasteiger partial charge < -0.3 is 9.47 Å². The molecule has 3 nitrogen and oxygen atoms in total. The average molecular weight is 330 g/mol. The Hall–Kier alpha value is -2.04. The standard InChI is InChI=1S/C17H12ClNO2S/c1-20-9-3-5-13-11(7-9)15-12-8-10(21-2)4-6-14(12)22-16(15)17(18)19-13/h3-8H,1-2H3. The zero-order valence-electron chi connectivity index (χ0n) is 12.0. The molecule has 2 aromatic carbocycles. The van der Waals surface area contributed by atoms with Crippen molar-refractivity contribution in [2.75, 3.05) is 14.2 Å². The number of nitrogens with zero attached hydrogens (tertiary/aromatic N) is 1. The van der Waals surface area contributed by atoms with E-state index in [1.807, 2.05) is 30.3 Å². The number of thiophene rings is 1. The molecule has 0 unspecified atom stereocenters. The Bertz CT molecular complexity index is 1030. The molecule has 0 radical (unpaired) electrons. The number of methoxy groups -OCH3 is 2. The van der Waals surface area contributed by atoms with E-state index in [9.17, 15) is 0 Å². The van der Waals surface area contributed by atoms with Crippen molar-refractivity contribution in [3.05, 3.63) is 41.6 Å². The third-order valence-corrected chi connectivity index (χ3v) is 5.34. The van der Waals surface area contributed by atoms with Crippen LogP contribution < -0.4 is 9.47 Å². The molecule has 5 heteroatoms. The zero-order chi connectivity index (χ0) is 15.3. The molecule has 0 fully saturated rings. The SMILES string of the molecule is COc1ccc2nc(Cl)c3sc4ccc(OC)cc4c3c2c1. The summed E-state index contributed by atoms with van der Waals surface area (Å²) < 4.78 is 12.9. The van der Waals surface area contributed by atoms with Gasteiger partial charge in [-0.2, -0.15) is 0 Å². The lowest BCUT2D eigenvalue weighted by molar-refractivity contribution is 0.415. The molecule has 4 rings (SSSR count). The molecule has 0 saturated heterocycles. The quantitative estimate of drug-likeness (QED) is 0.469. The summed E-state index contributed by atoms with van der Waals surface area (Å²) in [5.74, 6) is 1.64. The fraction of sp³-hybridized carbons (Fsp3) is 0.118. The van der Waals surface area contributed by atoms with E-state index >= 15 is 0 Å². The molecule has 0 amide bonds. The number of hydrogen-bond donors (Lipinski definition) is 0. The van der Waals surface area contributed by atoms with Crippen molar-refractivity contribution in [1.82, 2.24) is 4.98 Å². The summed E-state index contributed by atoms with van der Waals surface area (Å²) >= 11 is 8.04. The molecular formula is C17H12ClNO2S. The lowest BCUT2D eigenvalue weighted by Gasteiger charge is -2.05. The molecule has 22 heavy (non-hydrogen) atoms. The fourth-order valence-electron chi connectivity index (χ4n) is 2.71. The molecule has 0 N–H and O–H groups in total. The Labute approximate surface area is 136 Å². The summed E-state index contributed by atoms with van der Waals surface area (Å²) in [6.07, 6.45) is 0. The smallest absolute Gasteiger partial charge is 0.147 e. The Morgan fingerprint density at radius 3 is 2.36 bits per heavy atom. The number of fused-ring (bicyclic) bond motifs is 5. The van der Waals surface area contributed by atoms with Crippen LogP contribution in [-0.2, 0) is 0 Å². The predicted octanol–water partition coefficient (Wildman–Crippen LogP) is 5.27. The monoisotopic (exact) mass is 329 g/mol. The Kier molecular flexibility index (Phi) is 3.10. The van der Waals surface area contributed by atoms with Crippen LogP contribution in [0, 0.1) is 0 Å². The maximum Gasteiger partial charge on any atom is 0.147 e. The van der Waals surface area contributed by atoms with Gasteiger partial charge in [0.15, 0.2) is 0 Å². The van der Waals surface area contributed by atoms with Crippen molar-refractivity contribution in [1.29, 1.82) is 0 Å². The van der Waals surface area contributed by atoms with Crippen molar-refractivity contribution in [2.24, 2.45) is 0 Å². The molecule has 0 spiro atoms. The van der Waals surface area contributed by atoms with Crippen molar-refractivity contribution in [3.63, 3.8) is 0 Å². The van der Waals surface area contributed by atoms with Gasteiger partial charge in [0.25, 0.3) is 0 Å². The fourth-order valence-corrected chi connectivity index (χ4v) is 4.09. The second-order valence-electron chi connectivity index (χ2n) is 4.95. The average Bonchev–Trinajstić information content (AvgIpc) is 2.94. The molecule has 0 saturated carbocycles. The van der Waals surface area contributed by atoms with E-state index in [2.05, 4.69) is 11.1 Å². The van der Waals surface area contributed by atoms with E-state index in [0.717, 1.165) is 42.6 Å². The predicted molar refractivity (Wildman–Crippen MR) is 92.7 cm³/mol. The topological polar surface area (TPSA) is 31.4 Å². The summed E-state index contributed by atoms with van der Waals surface area (Å²) in [5.41, 5.74) is 0.862. The van der Waals surface area contributed by atoms with Crippen LogP contribution in [0.5, 0.6) is 11.5 Å². The van der Waals surface area contributed by atoms with Gasteiger partial charge in [0.05, 0.1) is 24.4 Å².